The van der Waals surface area contributed by atoms with Crippen molar-refractivity contribution in [2.75, 3.05) is 13.7 Å². The van der Waals surface area contributed by atoms with Crippen LogP contribution in [0, 0.1) is 5.82 Å². The van der Waals surface area contributed by atoms with Crippen molar-refractivity contribution < 1.29 is 13.7 Å². The molecule has 1 atom stereocenters. The van der Waals surface area contributed by atoms with Crippen LogP contribution in [0.1, 0.15) is 31.3 Å². The molecule has 1 heterocycles. The number of aromatic nitrogens is 2. The first kappa shape index (κ1) is 18.1. The van der Waals surface area contributed by atoms with Gasteiger partial charge in [0.25, 0.3) is 0 Å². The molecule has 0 amide bonds. The topological polar surface area (TPSA) is 51.4 Å². The Morgan fingerprint density at radius 3 is 2.65 bits per heavy atom. The summed E-state index contributed by atoms with van der Waals surface area (Å²) in [4.78, 5) is 6.67. The van der Waals surface area contributed by atoms with E-state index in [0.717, 1.165) is 23.4 Å². The lowest BCUT2D eigenvalue weighted by Gasteiger charge is -2.26. The lowest BCUT2D eigenvalue weighted by Crippen LogP contribution is -2.26. The van der Waals surface area contributed by atoms with E-state index in [9.17, 15) is 4.39 Å². The Bertz CT molecular complexity index is 848. The summed E-state index contributed by atoms with van der Waals surface area (Å²) < 4.78 is 23.8. The standard InChI is InChI=1S/C20H22FN3O2/c1-4-24(14(2)16-6-5-7-18(12-16)25-3)13-19-22-20(23-26-19)15-8-10-17(21)11-9-15/h5-12,14H,4,13H2,1-3H3. The van der Waals surface area contributed by atoms with Gasteiger partial charge in [-0.1, -0.05) is 24.2 Å². The van der Waals surface area contributed by atoms with Crippen LogP contribution < -0.4 is 4.74 Å². The predicted octanol–water partition coefficient (Wildman–Crippen LogP) is 4.47. The average molecular weight is 355 g/mol. The summed E-state index contributed by atoms with van der Waals surface area (Å²) in [6.45, 7) is 5.58. The molecule has 3 aromatic rings. The number of benzene rings is 2. The quantitative estimate of drug-likeness (QED) is 0.626. The molecule has 6 heteroatoms. The maximum absolute atomic E-state index is 13.0. The second kappa shape index (κ2) is 8.10. The summed E-state index contributed by atoms with van der Waals surface area (Å²) >= 11 is 0. The minimum Gasteiger partial charge on any atom is -0.497 e. The largest absolute Gasteiger partial charge is 0.497 e. The molecule has 0 saturated carbocycles. The van der Waals surface area contributed by atoms with E-state index in [1.54, 1.807) is 19.2 Å². The molecule has 26 heavy (non-hydrogen) atoms. The minimum atomic E-state index is -0.290. The predicted molar refractivity (Wildman–Crippen MR) is 97.2 cm³/mol. The van der Waals surface area contributed by atoms with E-state index in [1.165, 1.54) is 12.1 Å². The van der Waals surface area contributed by atoms with Gasteiger partial charge >= 0.3 is 0 Å². The summed E-state index contributed by atoms with van der Waals surface area (Å²) in [5, 5.41) is 4.01. The molecule has 0 bridgehead atoms. The molecule has 5 nitrogen and oxygen atoms in total. The molecule has 1 unspecified atom stereocenters. The minimum absolute atomic E-state index is 0.163. The van der Waals surface area contributed by atoms with Gasteiger partial charge in [0.2, 0.25) is 11.7 Å². The van der Waals surface area contributed by atoms with E-state index in [-0.39, 0.29) is 11.9 Å². The molecule has 0 N–H and O–H groups in total. The molecule has 0 aliphatic rings. The Morgan fingerprint density at radius 2 is 1.96 bits per heavy atom. The van der Waals surface area contributed by atoms with Gasteiger partial charge in [-0.05, 0) is 55.4 Å². The Labute approximate surface area is 152 Å². The Hall–Kier alpha value is -2.73. The summed E-state index contributed by atoms with van der Waals surface area (Å²) in [6.07, 6.45) is 0. The van der Waals surface area contributed by atoms with E-state index < -0.39 is 0 Å². The van der Waals surface area contributed by atoms with Crippen molar-refractivity contribution in [3.63, 3.8) is 0 Å². The Balaban J connectivity index is 1.74. The van der Waals surface area contributed by atoms with Gasteiger partial charge < -0.3 is 9.26 Å². The van der Waals surface area contributed by atoms with Crippen molar-refractivity contribution in [1.29, 1.82) is 0 Å². The number of hydrogen-bond donors (Lipinski definition) is 0. The molecular weight excluding hydrogens is 333 g/mol. The molecule has 0 aliphatic heterocycles. The van der Waals surface area contributed by atoms with Crippen LogP contribution in [0.5, 0.6) is 5.75 Å². The molecule has 2 aromatic carbocycles. The van der Waals surface area contributed by atoms with Crippen LogP contribution in [-0.2, 0) is 6.54 Å². The molecule has 0 radical (unpaired) electrons. The van der Waals surface area contributed by atoms with Gasteiger partial charge in [-0.2, -0.15) is 4.98 Å². The second-order valence-corrected chi connectivity index (χ2v) is 6.03. The zero-order chi connectivity index (χ0) is 18.5. The molecular formula is C20H22FN3O2. The smallest absolute Gasteiger partial charge is 0.241 e. The molecule has 0 spiro atoms. The maximum Gasteiger partial charge on any atom is 0.241 e. The molecule has 136 valence electrons. The Morgan fingerprint density at radius 1 is 1.19 bits per heavy atom. The molecule has 0 aliphatic carbocycles. The second-order valence-electron chi connectivity index (χ2n) is 6.03. The average Bonchev–Trinajstić information content (AvgIpc) is 3.14. The SMILES string of the molecule is CCN(Cc1nc(-c2ccc(F)cc2)no1)C(C)c1cccc(OC)c1. The summed E-state index contributed by atoms with van der Waals surface area (Å²) in [7, 11) is 1.66. The number of rotatable bonds is 7. The highest BCUT2D eigenvalue weighted by Gasteiger charge is 2.18. The molecule has 1 aromatic heterocycles. The van der Waals surface area contributed by atoms with Gasteiger partial charge in [-0.15, -0.1) is 0 Å². The van der Waals surface area contributed by atoms with Crippen LogP contribution in [0.4, 0.5) is 4.39 Å². The number of hydrogen-bond acceptors (Lipinski definition) is 5. The Kier molecular flexibility index (Phi) is 5.63. The van der Waals surface area contributed by atoms with Gasteiger partial charge in [0, 0.05) is 11.6 Å². The van der Waals surface area contributed by atoms with Crippen molar-refractivity contribution in [1.82, 2.24) is 15.0 Å². The van der Waals surface area contributed by atoms with E-state index in [1.807, 2.05) is 18.2 Å². The third-order valence-electron chi connectivity index (χ3n) is 4.44. The number of methoxy groups -OCH3 is 1. The van der Waals surface area contributed by atoms with Gasteiger partial charge in [0.1, 0.15) is 11.6 Å². The fraction of sp³-hybridized carbons (Fsp3) is 0.300. The highest BCUT2D eigenvalue weighted by molar-refractivity contribution is 5.53. The van der Waals surface area contributed by atoms with Gasteiger partial charge in [0.05, 0.1) is 13.7 Å². The fourth-order valence-corrected chi connectivity index (χ4v) is 2.84. The van der Waals surface area contributed by atoms with Crippen LogP contribution >= 0.6 is 0 Å². The van der Waals surface area contributed by atoms with E-state index in [2.05, 4.69) is 35.0 Å². The van der Waals surface area contributed by atoms with Crippen LogP contribution in [0.3, 0.4) is 0 Å². The van der Waals surface area contributed by atoms with E-state index in [4.69, 9.17) is 9.26 Å². The lowest BCUT2D eigenvalue weighted by atomic mass is 10.1. The zero-order valence-corrected chi connectivity index (χ0v) is 15.1. The number of ether oxygens (including phenoxy) is 1. The first-order valence-electron chi connectivity index (χ1n) is 8.57. The number of halogens is 1. The van der Waals surface area contributed by atoms with E-state index >= 15 is 0 Å². The summed E-state index contributed by atoms with van der Waals surface area (Å²) in [5.41, 5.74) is 1.88. The first-order valence-corrected chi connectivity index (χ1v) is 8.57. The van der Waals surface area contributed by atoms with Crippen molar-refractivity contribution in [3.8, 4) is 17.1 Å². The summed E-state index contributed by atoms with van der Waals surface area (Å²) in [5.74, 6) is 1.54. The van der Waals surface area contributed by atoms with Gasteiger partial charge in [0.15, 0.2) is 0 Å². The maximum atomic E-state index is 13.0. The van der Waals surface area contributed by atoms with E-state index in [0.29, 0.717) is 18.3 Å². The molecule has 3 rings (SSSR count). The third-order valence-corrected chi connectivity index (χ3v) is 4.44. The highest BCUT2D eigenvalue weighted by Crippen LogP contribution is 2.25. The highest BCUT2D eigenvalue weighted by atomic mass is 19.1. The molecule has 0 saturated heterocycles. The van der Waals surface area contributed by atoms with Crippen LogP contribution in [0.25, 0.3) is 11.4 Å². The van der Waals surface area contributed by atoms with Gasteiger partial charge in [-0.3, -0.25) is 4.90 Å². The third kappa shape index (κ3) is 4.08. The van der Waals surface area contributed by atoms with Crippen molar-refractivity contribution in [3.05, 3.63) is 65.8 Å². The monoisotopic (exact) mass is 355 g/mol. The van der Waals surface area contributed by atoms with Crippen molar-refractivity contribution in [2.45, 2.75) is 26.4 Å². The first-order chi connectivity index (χ1) is 12.6. The zero-order valence-electron chi connectivity index (χ0n) is 15.1. The number of nitrogens with zero attached hydrogens (tertiary/aromatic N) is 3. The van der Waals surface area contributed by atoms with Crippen LogP contribution in [0.2, 0.25) is 0 Å². The lowest BCUT2D eigenvalue weighted by molar-refractivity contribution is 0.184. The fourth-order valence-electron chi connectivity index (χ4n) is 2.84. The molecule has 0 fully saturated rings. The van der Waals surface area contributed by atoms with Crippen molar-refractivity contribution in [2.24, 2.45) is 0 Å². The van der Waals surface area contributed by atoms with Gasteiger partial charge in [-0.25, -0.2) is 4.39 Å². The van der Waals surface area contributed by atoms with Crippen LogP contribution in [0.15, 0.2) is 53.1 Å². The normalized spacial score (nSPS) is 12.3. The van der Waals surface area contributed by atoms with Crippen molar-refractivity contribution >= 4 is 0 Å². The summed E-state index contributed by atoms with van der Waals surface area (Å²) in [6, 6.07) is 14.2. The van der Waals surface area contributed by atoms with Crippen LogP contribution in [-0.4, -0.2) is 28.7 Å².